The van der Waals surface area contributed by atoms with Crippen LogP contribution in [0.2, 0.25) is 0 Å². The topological polar surface area (TPSA) is 908 Å². The fraction of sp³-hybridized carbons (Fsp3) is 0.152. The zero-order valence-electron chi connectivity index (χ0n) is 56.4. The Morgan fingerprint density at radius 1 is 0.193 bits per heavy atom. The number of carbonyl (C=O) groups excluding carboxylic acids is 2. The van der Waals surface area contributed by atoms with Crippen LogP contribution in [0.4, 0.5) is 0 Å². The van der Waals surface area contributed by atoms with Gasteiger partial charge in [-0.15, -0.1) is 0 Å². The van der Waals surface area contributed by atoms with Crippen LogP contribution >= 0.6 is 0 Å². The molecule has 0 radical (unpaired) electrons. The molecule has 0 unspecified atom stereocenters. The van der Waals surface area contributed by atoms with Crippen molar-refractivity contribution in [1.29, 1.82) is 0 Å². The molecule has 0 aliphatic heterocycles. The molecule has 612 valence electrons. The molecule has 48 nitrogen and oxygen atoms in total. The number of carboxylic acids is 18. The molecule has 114 heavy (non-hydrogen) atoms. The number of carbonyl (C=O) groups is 20. The van der Waals surface area contributed by atoms with E-state index in [0.29, 0.717) is 0 Å². The predicted molar refractivity (Wildman–Crippen MR) is 358 cm³/mol. The Labute approximate surface area is 628 Å². The summed E-state index contributed by atoms with van der Waals surface area (Å²) in [7, 11) is 0. The van der Waals surface area contributed by atoms with Crippen molar-refractivity contribution >= 4 is 119 Å². The quantitative estimate of drug-likeness (QED) is 0.0251. The summed E-state index contributed by atoms with van der Waals surface area (Å²) < 4.78 is 0. The van der Waals surface area contributed by atoms with Gasteiger partial charge in [0.15, 0.2) is 11.6 Å². The van der Waals surface area contributed by atoms with Gasteiger partial charge >= 0.3 is 107 Å². The Hall–Kier alpha value is -15.3. The highest BCUT2D eigenvalue weighted by molar-refractivity contribution is 6.08. The Balaban J connectivity index is 0. The second-order valence-corrected chi connectivity index (χ2v) is 20.7. The first-order chi connectivity index (χ1) is 52.7. The summed E-state index contributed by atoms with van der Waals surface area (Å²) in [5.74, 6) is -27.2. The van der Waals surface area contributed by atoms with E-state index in [1.54, 1.807) is 0 Å². The van der Waals surface area contributed by atoms with Gasteiger partial charge in [-0.1, -0.05) is 0 Å². The minimum absolute atomic E-state index is 0.266. The van der Waals surface area contributed by atoms with Crippen LogP contribution in [0.1, 0.15) is 186 Å². The van der Waals surface area contributed by atoms with Gasteiger partial charge in [0.25, 0.3) is 0 Å². The third-order valence-electron chi connectivity index (χ3n) is 13.1. The van der Waals surface area contributed by atoms with Crippen LogP contribution in [0.3, 0.4) is 0 Å². The van der Waals surface area contributed by atoms with E-state index in [9.17, 15) is 95.9 Å². The number of ketones is 2. The van der Waals surface area contributed by atoms with E-state index in [4.69, 9.17) is 143 Å². The van der Waals surface area contributed by atoms with Crippen molar-refractivity contribution in [3.63, 3.8) is 0 Å². The number of aliphatic hydroxyl groups excluding tert-OH is 10. The lowest BCUT2D eigenvalue weighted by atomic mass is 10.0. The molecule has 0 bridgehead atoms. The monoisotopic (exact) mass is 1620 g/mol. The van der Waals surface area contributed by atoms with Crippen LogP contribution in [0.5, 0.6) is 0 Å². The molecule has 6 rings (SSSR count). The number of hydrogen-bond donors (Lipinski definition) is 28. The first-order valence-electron chi connectivity index (χ1n) is 29.3. The van der Waals surface area contributed by atoms with Crippen LogP contribution in [-0.2, 0) is 9.59 Å². The van der Waals surface area contributed by atoms with Crippen LogP contribution in [0, 0.1) is 0 Å². The molecule has 6 aromatic rings. The SMILES string of the molecule is O=C(CO)[C@H](O)[C@@H](O)[C@H](O)CO.O=C(CO)[C@H](O)[C@@H](O)[C@H](O)CO.O=C(O)c1ccc(C(=O)O)c(C(=O)O)c1.O=C(O)c1ccc(C(=O)O)c(C(=O)O)c1.O=C(O)c1ccc(C(=O)O)c(C(=O)O)c1.O=C(O)c1ccc(C(=O)O)c(C(=O)O)c1.O=C(O)c1ccc(C(=O)O)c(C(=O)O)c1.O=C(O)c1ccc(C(=O)O)c(C(=O)O)c1. The number of aliphatic hydroxyl groups is 10. The molecule has 0 saturated carbocycles. The van der Waals surface area contributed by atoms with E-state index in [0.717, 1.165) is 109 Å². The smallest absolute Gasteiger partial charge is 0.336 e. The van der Waals surface area contributed by atoms with Gasteiger partial charge in [-0.2, -0.15) is 0 Å². The molecule has 0 aliphatic rings. The fourth-order valence-electron chi connectivity index (χ4n) is 7.45. The Morgan fingerprint density at radius 3 is 0.404 bits per heavy atom. The standard InChI is InChI=1S/6C9H6O6.2C6H12O6/c6*10-7(11)4-1-2-5(8(12)13)6(3-4)9(14)15;2*7-1-3(9)5(11)6(12)4(10)2-8/h6*1-3H,(H,10,11)(H,12,13)(H,14,15);2*3,5-9,11-12H,1-2H2/t;;;;;;2*3-,5+,6+/m......11/s1. The average molecular weight is 1620 g/mol. The van der Waals surface area contributed by atoms with Gasteiger partial charge in [0.05, 0.1) is 113 Å². The minimum atomic E-state index is -1.86. The summed E-state index contributed by atoms with van der Waals surface area (Å²) >= 11 is 0. The van der Waals surface area contributed by atoms with E-state index in [1.807, 2.05) is 0 Å². The van der Waals surface area contributed by atoms with Crippen LogP contribution < -0.4 is 0 Å². The summed E-state index contributed by atoms with van der Waals surface area (Å²) in [5.41, 5.74) is -7.46. The molecule has 0 aromatic heterocycles. The van der Waals surface area contributed by atoms with E-state index in [1.165, 1.54) is 0 Å². The summed E-state index contributed by atoms with van der Waals surface area (Å²) in [6, 6.07) is 16.8. The Bertz CT molecular complexity index is 3980. The van der Waals surface area contributed by atoms with Gasteiger partial charge in [-0.25, -0.2) is 86.3 Å². The number of Topliss-reactive ketones (excluding diaryl/α,β-unsaturated/α-hetero) is 2. The molecule has 0 amide bonds. The predicted octanol–water partition coefficient (Wildman–Crippen LogP) is -2.07. The van der Waals surface area contributed by atoms with Crippen molar-refractivity contribution < 1.29 is 239 Å². The average Bonchev–Trinajstić information content (AvgIpc) is 0.853. The summed E-state index contributed by atoms with van der Waals surface area (Å²) in [5, 5.41) is 241. The van der Waals surface area contributed by atoms with Crippen LogP contribution in [-0.4, -0.2) is 325 Å². The molecule has 0 fully saturated rings. The number of hydrogen-bond acceptors (Lipinski definition) is 30. The van der Waals surface area contributed by atoms with Crippen LogP contribution in [0.25, 0.3) is 0 Å². The largest absolute Gasteiger partial charge is 0.478 e. The maximum absolute atomic E-state index is 10.6. The summed E-state index contributed by atoms with van der Waals surface area (Å²) in [4.78, 5) is 212. The zero-order chi connectivity index (χ0) is 89.0. The van der Waals surface area contributed by atoms with Crippen molar-refractivity contribution in [2.24, 2.45) is 0 Å². The molecule has 28 N–H and O–H groups in total. The van der Waals surface area contributed by atoms with Gasteiger partial charge in [0.2, 0.25) is 0 Å². The van der Waals surface area contributed by atoms with Gasteiger partial charge < -0.3 is 143 Å². The molecule has 0 spiro atoms. The third kappa shape index (κ3) is 31.9. The highest BCUT2D eigenvalue weighted by atomic mass is 16.4. The first-order valence-corrected chi connectivity index (χ1v) is 29.3. The summed E-state index contributed by atoms with van der Waals surface area (Å²) in [6.45, 7) is -3.37. The molecular weight excluding hydrogens is 1560 g/mol. The van der Waals surface area contributed by atoms with Gasteiger partial charge in [0, 0.05) is 0 Å². The third-order valence-corrected chi connectivity index (χ3v) is 13.1. The van der Waals surface area contributed by atoms with Gasteiger partial charge in [0.1, 0.15) is 49.8 Å². The van der Waals surface area contributed by atoms with Crippen molar-refractivity contribution in [2.75, 3.05) is 26.4 Å². The maximum atomic E-state index is 10.6. The highest BCUT2D eigenvalue weighted by Gasteiger charge is 2.31. The van der Waals surface area contributed by atoms with Gasteiger partial charge in [-0.05, 0) is 109 Å². The number of carboxylic acid groups (broad SMARTS) is 18. The molecule has 6 atom stereocenters. The second kappa shape index (κ2) is 47.5. The zero-order valence-corrected chi connectivity index (χ0v) is 56.4. The molecular formula is C66H60O48. The Kier molecular flexibility index (Phi) is 42.0. The first kappa shape index (κ1) is 101. The molecule has 0 heterocycles. The maximum Gasteiger partial charge on any atom is 0.336 e. The van der Waals surface area contributed by atoms with E-state index < -0.39 is 249 Å². The second-order valence-electron chi connectivity index (χ2n) is 20.7. The molecule has 48 heteroatoms. The normalized spacial score (nSPS) is 11.5. The van der Waals surface area contributed by atoms with Crippen molar-refractivity contribution in [3.8, 4) is 0 Å². The van der Waals surface area contributed by atoms with Crippen molar-refractivity contribution in [2.45, 2.75) is 36.6 Å². The minimum Gasteiger partial charge on any atom is -0.478 e. The van der Waals surface area contributed by atoms with E-state index >= 15 is 0 Å². The molecule has 0 aliphatic carbocycles. The van der Waals surface area contributed by atoms with Gasteiger partial charge in [-0.3, -0.25) is 9.59 Å². The number of benzene rings is 6. The van der Waals surface area contributed by atoms with Crippen LogP contribution in [0.15, 0.2) is 109 Å². The van der Waals surface area contributed by atoms with Crippen molar-refractivity contribution in [3.05, 3.63) is 209 Å². The lowest BCUT2D eigenvalue weighted by Gasteiger charge is -2.19. The Morgan fingerprint density at radius 2 is 0.316 bits per heavy atom. The summed E-state index contributed by atoms with van der Waals surface area (Å²) in [6.07, 6.45) is -10.4. The van der Waals surface area contributed by atoms with E-state index in [-0.39, 0.29) is 33.4 Å². The highest BCUT2D eigenvalue weighted by Crippen LogP contribution is 2.19. The fourth-order valence-corrected chi connectivity index (χ4v) is 7.45. The number of rotatable bonds is 28. The molecule has 6 aromatic carbocycles. The molecule has 0 saturated heterocycles. The van der Waals surface area contributed by atoms with E-state index in [2.05, 4.69) is 0 Å². The lowest BCUT2D eigenvalue weighted by molar-refractivity contribution is -0.143. The number of aromatic carboxylic acids is 18. The lowest BCUT2D eigenvalue weighted by Crippen LogP contribution is -2.44. The van der Waals surface area contributed by atoms with Crippen molar-refractivity contribution in [1.82, 2.24) is 0 Å².